The van der Waals surface area contributed by atoms with E-state index in [0.29, 0.717) is 23.7 Å². The Morgan fingerprint density at radius 1 is 0.900 bits per heavy atom. The highest BCUT2D eigenvalue weighted by atomic mass is 16.7. The predicted octanol–water partition coefficient (Wildman–Crippen LogP) is 3.09. The largest absolute Gasteiger partial charge is 0.454 e. The van der Waals surface area contributed by atoms with Crippen molar-refractivity contribution in [3.8, 4) is 11.5 Å². The van der Waals surface area contributed by atoms with Crippen molar-refractivity contribution in [2.24, 2.45) is 0 Å². The van der Waals surface area contributed by atoms with Gasteiger partial charge >= 0.3 is 11.8 Å². The highest BCUT2D eigenvalue weighted by Crippen LogP contribution is 2.34. The van der Waals surface area contributed by atoms with Gasteiger partial charge in [0.25, 0.3) is 0 Å². The quantitative estimate of drug-likeness (QED) is 0.566. The molecule has 0 aromatic heterocycles. The molecule has 2 N–H and O–H groups in total. The molecule has 7 nitrogen and oxygen atoms in total. The second-order valence-corrected chi connectivity index (χ2v) is 7.60. The molecule has 1 saturated heterocycles. The molecule has 4 rings (SSSR count). The molecule has 0 aliphatic carbocycles. The first-order chi connectivity index (χ1) is 14.7. The van der Waals surface area contributed by atoms with Crippen molar-refractivity contribution in [3.05, 3.63) is 48.0 Å². The molecule has 2 amide bonds. The van der Waals surface area contributed by atoms with Crippen molar-refractivity contribution in [1.82, 2.24) is 5.32 Å². The Labute approximate surface area is 176 Å². The van der Waals surface area contributed by atoms with Gasteiger partial charge in [0, 0.05) is 37.1 Å². The Balaban J connectivity index is 1.17. The maximum absolute atomic E-state index is 12.1. The van der Waals surface area contributed by atoms with Crippen molar-refractivity contribution in [2.45, 2.75) is 32.1 Å². The molecule has 0 spiro atoms. The zero-order chi connectivity index (χ0) is 20.8. The van der Waals surface area contributed by atoms with Crippen molar-refractivity contribution in [1.29, 1.82) is 0 Å². The lowest BCUT2D eigenvalue weighted by molar-refractivity contribution is -0.136. The molecule has 1 fully saturated rings. The van der Waals surface area contributed by atoms with Gasteiger partial charge in [-0.25, -0.2) is 0 Å². The number of piperidine rings is 1. The number of anilines is 2. The molecule has 30 heavy (non-hydrogen) atoms. The molecule has 0 bridgehead atoms. The van der Waals surface area contributed by atoms with Gasteiger partial charge in [0.2, 0.25) is 6.79 Å². The van der Waals surface area contributed by atoms with Crippen LogP contribution in [0.3, 0.4) is 0 Å². The van der Waals surface area contributed by atoms with E-state index in [1.807, 2.05) is 0 Å². The zero-order valence-electron chi connectivity index (χ0n) is 17.0. The van der Waals surface area contributed by atoms with E-state index in [1.165, 1.54) is 30.5 Å². The van der Waals surface area contributed by atoms with E-state index in [-0.39, 0.29) is 6.79 Å². The Bertz CT molecular complexity index is 892. The van der Waals surface area contributed by atoms with Crippen LogP contribution in [0.4, 0.5) is 11.4 Å². The second kappa shape index (κ2) is 9.52. The van der Waals surface area contributed by atoms with E-state index < -0.39 is 11.8 Å². The van der Waals surface area contributed by atoms with Crippen LogP contribution in [0.15, 0.2) is 42.5 Å². The Hall–Kier alpha value is -3.22. The van der Waals surface area contributed by atoms with Crippen LogP contribution in [-0.4, -0.2) is 38.2 Å². The van der Waals surface area contributed by atoms with E-state index in [1.54, 1.807) is 18.2 Å². The minimum Gasteiger partial charge on any atom is -0.454 e. The van der Waals surface area contributed by atoms with Crippen molar-refractivity contribution in [2.75, 3.05) is 36.6 Å². The molecule has 0 atom stereocenters. The molecule has 2 aliphatic heterocycles. The highest BCUT2D eigenvalue weighted by molar-refractivity contribution is 6.39. The van der Waals surface area contributed by atoms with Gasteiger partial charge in [-0.05, 0) is 61.9 Å². The van der Waals surface area contributed by atoms with Crippen molar-refractivity contribution >= 4 is 23.2 Å². The lowest BCUT2D eigenvalue weighted by Gasteiger charge is -2.28. The van der Waals surface area contributed by atoms with Crippen LogP contribution in [0.5, 0.6) is 11.5 Å². The Morgan fingerprint density at radius 3 is 2.47 bits per heavy atom. The van der Waals surface area contributed by atoms with E-state index >= 15 is 0 Å². The molecular weight excluding hydrogens is 382 g/mol. The molecule has 158 valence electrons. The summed E-state index contributed by atoms with van der Waals surface area (Å²) in [4.78, 5) is 26.5. The molecule has 2 aliphatic rings. The average molecular weight is 409 g/mol. The highest BCUT2D eigenvalue weighted by Gasteiger charge is 2.17. The van der Waals surface area contributed by atoms with E-state index in [0.717, 1.165) is 25.9 Å². The van der Waals surface area contributed by atoms with Gasteiger partial charge in [-0.1, -0.05) is 12.1 Å². The summed E-state index contributed by atoms with van der Waals surface area (Å²) in [5, 5.41) is 5.25. The smallest absolute Gasteiger partial charge is 0.313 e. The number of carbonyl (C=O) groups is 2. The standard InChI is InChI=1S/C23H27N3O4/c27-22(23(28)25-18-8-11-20-21(15-18)30-16-29-20)24-12-4-5-17-6-9-19(10-7-17)26-13-2-1-3-14-26/h6-11,15H,1-5,12-14,16H2,(H,24,27)(H,25,28). The maximum atomic E-state index is 12.1. The fourth-order valence-electron chi connectivity index (χ4n) is 3.76. The number of nitrogens with one attached hydrogen (secondary N) is 2. The van der Waals surface area contributed by atoms with Crippen LogP contribution in [-0.2, 0) is 16.0 Å². The summed E-state index contributed by atoms with van der Waals surface area (Å²) in [6.07, 6.45) is 5.48. The van der Waals surface area contributed by atoms with Crippen molar-refractivity contribution < 1.29 is 19.1 Å². The number of rotatable bonds is 6. The normalized spacial score (nSPS) is 15.0. The summed E-state index contributed by atoms with van der Waals surface area (Å²) in [7, 11) is 0. The average Bonchev–Trinajstić information content (AvgIpc) is 3.25. The van der Waals surface area contributed by atoms with Gasteiger partial charge in [-0.15, -0.1) is 0 Å². The van der Waals surface area contributed by atoms with E-state index in [9.17, 15) is 9.59 Å². The molecule has 0 radical (unpaired) electrons. The maximum Gasteiger partial charge on any atom is 0.313 e. The number of hydrogen-bond acceptors (Lipinski definition) is 5. The van der Waals surface area contributed by atoms with Crippen molar-refractivity contribution in [3.63, 3.8) is 0 Å². The Kier molecular flexibility index (Phi) is 6.37. The minimum absolute atomic E-state index is 0.161. The summed E-state index contributed by atoms with van der Waals surface area (Å²) in [5.74, 6) is -0.159. The molecular formula is C23H27N3O4. The lowest BCUT2D eigenvalue weighted by Crippen LogP contribution is -2.36. The van der Waals surface area contributed by atoms with Gasteiger partial charge in [0.15, 0.2) is 11.5 Å². The SMILES string of the molecule is O=C(NCCCc1ccc(N2CCCCC2)cc1)C(=O)Nc1ccc2c(c1)OCO2. The molecule has 2 heterocycles. The summed E-state index contributed by atoms with van der Waals surface area (Å²) in [5.41, 5.74) is 3.01. The number of nitrogens with zero attached hydrogens (tertiary/aromatic N) is 1. The first kappa shape index (κ1) is 20.1. The van der Waals surface area contributed by atoms with Crippen LogP contribution in [0.1, 0.15) is 31.2 Å². The monoisotopic (exact) mass is 409 g/mol. The van der Waals surface area contributed by atoms with Crippen LogP contribution < -0.4 is 25.0 Å². The topological polar surface area (TPSA) is 79.9 Å². The number of amides is 2. The number of carbonyl (C=O) groups excluding carboxylic acids is 2. The lowest BCUT2D eigenvalue weighted by atomic mass is 10.1. The first-order valence-corrected chi connectivity index (χ1v) is 10.5. The number of fused-ring (bicyclic) bond motifs is 1. The fraction of sp³-hybridized carbons (Fsp3) is 0.391. The van der Waals surface area contributed by atoms with Gasteiger partial charge in [0.1, 0.15) is 0 Å². The van der Waals surface area contributed by atoms with Gasteiger partial charge in [-0.2, -0.15) is 0 Å². The summed E-state index contributed by atoms with van der Waals surface area (Å²) in [6, 6.07) is 13.7. The van der Waals surface area contributed by atoms with Crippen LogP contribution in [0.2, 0.25) is 0 Å². The molecule has 0 saturated carbocycles. The molecule has 2 aromatic rings. The van der Waals surface area contributed by atoms with E-state index in [4.69, 9.17) is 9.47 Å². The van der Waals surface area contributed by atoms with Crippen LogP contribution >= 0.6 is 0 Å². The third-order valence-electron chi connectivity index (χ3n) is 5.42. The molecule has 2 aromatic carbocycles. The number of ether oxygens (including phenoxy) is 2. The number of benzene rings is 2. The minimum atomic E-state index is -0.695. The second-order valence-electron chi connectivity index (χ2n) is 7.60. The third-order valence-corrected chi connectivity index (χ3v) is 5.42. The van der Waals surface area contributed by atoms with E-state index in [2.05, 4.69) is 39.8 Å². The predicted molar refractivity (Wildman–Crippen MR) is 115 cm³/mol. The van der Waals surface area contributed by atoms with Crippen LogP contribution in [0, 0.1) is 0 Å². The Morgan fingerprint density at radius 2 is 1.67 bits per heavy atom. The van der Waals surface area contributed by atoms with Crippen LogP contribution in [0.25, 0.3) is 0 Å². The third kappa shape index (κ3) is 5.03. The molecule has 0 unspecified atom stereocenters. The number of hydrogen-bond donors (Lipinski definition) is 2. The van der Waals surface area contributed by atoms with Gasteiger partial charge in [0.05, 0.1) is 0 Å². The fourth-order valence-corrected chi connectivity index (χ4v) is 3.76. The summed E-state index contributed by atoms with van der Waals surface area (Å²) >= 11 is 0. The van der Waals surface area contributed by atoms with Gasteiger partial charge in [-0.3, -0.25) is 9.59 Å². The summed E-state index contributed by atoms with van der Waals surface area (Å²) in [6.45, 7) is 2.88. The first-order valence-electron chi connectivity index (χ1n) is 10.5. The molecule has 7 heteroatoms. The summed E-state index contributed by atoms with van der Waals surface area (Å²) < 4.78 is 10.5. The van der Waals surface area contributed by atoms with Gasteiger partial charge < -0.3 is 25.0 Å². The number of aryl methyl sites for hydroxylation is 1. The zero-order valence-corrected chi connectivity index (χ0v) is 17.0.